The van der Waals surface area contributed by atoms with E-state index in [9.17, 15) is 21.6 Å². The molecule has 2 N–H and O–H groups in total. The molecule has 9 nitrogen and oxygen atoms in total. The summed E-state index contributed by atoms with van der Waals surface area (Å²) in [6, 6.07) is 8.82. The molecular formula is C25H34N4O5S2. The molecule has 2 fully saturated rings. The summed E-state index contributed by atoms with van der Waals surface area (Å²) < 4.78 is 55.3. The van der Waals surface area contributed by atoms with Gasteiger partial charge in [0, 0.05) is 37.6 Å². The predicted molar refractivity (Wildman–Crippen MR) is 140 cm³/mol. The second-order valence-electron chi connectivity index (χ2n) is 9.46. The Balaban J connectivity index is 1.52. The van der Waals surface area contributed by atoms with E-state index >= 15 is 0 Å². The fraction of sp³-hybridized carbons (Fsp3) is 0.480. The molecule has 2 aliphatic rings. The maximum atomic E-state index is 13.1. The summed E-state index contributed by atoms with van der Waals surface area (Å²) in [5.41, 5.74) is 2.17. The summed E-state index contributed by atoms with van der Waals surface area (Å²) in [6.45, 7) is 5.55. The molecule has 196 valence electrons. The highest BCUT2D eigenvalue weighted by Crippen LogP contribution is 2.27. The fourth-order valence-corrected chi connectivity index (χ4v) is 7.66. The normalized spacial score (nSPS) is 18.1. The van der Waals surface area contributed by atoms with Crippen LogP contribution in [0.4, 0.5) is 16.2 Å². The van der Waals surface area contributed by atoms with Gasteiger partial charge in [-0.25, -0.2) is 21.6 Å². The maximum absolute atomic E-state index is 13.1. The molecule has 0 radical (unpaired) electrons. The van der Waals surface area contributed by atoms with E-state index in [1.54, 1.807) is 38.1 Å². The molecule has 2 saturated heterocycles. The third-order valence-electron chi connectivity index (χ3n) is 6.82. The van der Waals surface area contributed by atoms with E-state index in [0.29, 0.717) is 48.7 Å². The first kappa shape index (κ1) is 26.6. The van der Waals surface area contributed by atoms with Gasteiger partial charge in [-0.2, -0.15) is 8.61 Å². The zero-order valence-corrected chi connectivity index (χ0v) is 22.4. The number of hydrogen-bond acceptors (Lipinski definition) is 5. The maximum Gasteiger partial charge on any atom is 0.323 e. The van der Waals surface area contributed by atoms with E-state index in [4.69, 9.17) is 0 Å². The minimum absolute atomic E-state index is 0.135. The number of nitrogens with zero attached hydrogens (tertiary/aromatic N) is 2. The van der Waals surface area contributed by atoms with E-state index in [-0.39, 0.29) is 9.79 Å². The van der Waals surface area contributed by atoms with Gasteiger partial charge in [-0.3, -0.25) is 0 Å². The lowest BCUT2D eigenvalue weighted by Gasteiger charge is -2.26. The fourth-order valence-electron chi connectivity index (χ4n) is 4.58. The Labute approximate surface area is 214 Å². The molecular weight excluding hydrogens is 500 g/mol. The highest BCUT2D eigenvalue weighted by Gasteiger charge is 2.28. The summed E-state index contributed by atoms with van der Waals surface area (Å²) in [4.78, 5) is 13.1. The van der Waals surface area contributed by atoms with Crippen LogP contribution in [0.5, 0.6) is 0 Å². The van der Waals surface area contributed by atoms with E-state index in [1.807, 2.05) is 0 Å². The lowest BCUT2D eigenvalue weighted by Crippen LogP contribution is -2.35. The molecule has 4 rings (SSSR count). The molecule has 2 amide bonds. The number of carbonyl (C=O) groups is 1. The Hall–Kier alpha value is -2.47. The first-order valence-corrected chi connectivity index (χ1v) is 15.3. The molecule has 2 aromatic carbocycles. The van der Waals surface area contributed by atoms with Gasteiger partial charge in [0.15, 0.2) is 0 Å². The van der Waals surface area contributed by atoms with Crippen LogP contribution in [0.2, 0.25) is 0 Å². The zero-order valence-electron chi connectivity index (χ0n) is 20.8. The Kier molecular flexibility index (Phi) is 8.03. The third kappa shape index (κ3) is 5.74. The summed E-state index contributed by atoms with van der Waals surface area (Å²) in [7, 11) is -7.29. The van der Waals surface area contributed by atoms with Gasteiger partial charge in [-0.1, -0.05) is 25.0 Å². The number of hydrogen-bond donors (Lipinski definition) is 2. The van der Waals surface area contributed by atoms with Crippen molar-refractivity contribution in [3.8, 4) is 0 Å². The van der Waals surface area contributed by atoms with Crippen LogP contribution in [0.25, 0.3) is 0 Å². The monoisotopic (exact) mass is 534 g/mol. The lowest BCUT2D eigenvalue weighted by atomic mass is 10.2. The Morgan fingerprint density at radius 2 is 1.00 bits per heavy atom. The lowest BCUT2D eigenvalue weighted by molar-refractivity contribution is 0.262. The summed E-state index contributed by atoms with van der Waals surface area (Å²) in [6.07, 6.45) is 5.39. The average molecular weight is 535 g/mol. The molecule has 0 bridgehead atoms. The number of aryl methyl sites for hydroxylation is 2. The van der Waals surface area contributed by atoms with E-state index in [0.717, 1.165) is 38.5 Å². The molecule has 11 heteroatoms. The standard InChI is InChI=1S/C25H34N4O5S2/c1-19-9-11-21(35(31,32)28-13-5-3-6-14-28)17-23(19)26-25(30)27-24-18-22(12-10-20(24)2)36(33,34)29-15-7-4-8-16-29/h9-12,17-18H,3-8,13-16H2,1-2H3,(H2,26,27,30). The van der Waals surface area contributed by atoms with Crippen molar-refractivity contribution in [1.82, 2.24) is 8.61 Å². The Bertz CT molecular complexity index is 1230. The van der Waals surface area contributed by atoms with Gasteiger partial charge in [0.05, 0.1) is 9.79 Å². The van der Waals surface area contributed by atoms with Crippen LogP contribution in [0.1, 0.15) is 49.7 Å². The van der Waals surface area contributed by atoms with Crippen LogP contribution in [-0.4, -0.2) is 57.7 Å². The molecule has 2 aliphatic heterocycles. The van der Waals surface area contributed by atoms with Gasteiger partial charge in [-0.15, -0.1) is 0 Å². The molecule has 2 heterocycles. The summed E-state index contributed by atoms with van der Waals surface area (Å²) in [5, 5.41) is 5.46. The van der Waals surface area contributed by atoms with Crippen LogP contribution in [0, 0.1) is 13.8 Å². The molecule has 36 heavy (non-hydrogen) atoms. The number of anilines is 2. The zero-order chi connectivity index (χ0) is 25.9. The van der Waals surface area contributed by atoms with Crippen molar-refractivity contribution in [3.63, 3.8) is 0 Å². The Morgan fingerprint density at radius 3 is 1.36 bits per heavy atom. The van der Waals surface area contributed by atoms with Crippen LogP contribution in [0.15, 0.2) is 46.2 Å². The molecule has 0 spiro atoms. The van der Waals surface area contributed by atoms with Crippen molar-refractivity contribution in [2.45, 2.75) is 62.2 Å². The van der Waals surface area contributed by atoms with E-state index in [2.05, 4.69) is 10.6 Å². The smallest absolute Gasteiger partial charge is 0.307 e. The van der Waals surface area contributed by atoms with Crippen LogP contribution >= 0.6 is 0 Å². The van der Waals surface area contributed by atoms with Crippen molar-refractivity contribution >= 4 is 37.5 Å². The molecule has 2 aromatic rings. The van der Waals surface area contributed by atoms with Crippen molar-refractivity contribution < 1.29 is 21.6 Å². The van der Waals surface area contributed by atoms with Gasteiger partial charge in [0.25, 0.3) is 0 Å². The summed E-state index contributed by atoms with van der Waals surface area (Å²) >= 11 is 0. The van der Waals surface area contributed by atoms with Crippen molar-refractivity contribution in [3.05, 3.63) is 47.5 Å². The average Bonchev–Trinajstić information content (AvgIpc) is 2.87. The quantitative estimate of drug-likeness (QED) is 0.573. The van der Waals surface area contributed by atoms with Crippen molar-refractivity contribution in [2.75, 3.05) is 36.8 Å². The topological polar surface area (TPSA) is 116 Å². The van der Waals surface area contributed by atoms with E-state index in [1.165, 1.54) is 20.7 Å². The Morgan fingerprint density at radius 1 is 0.639 bits per heavy atom. The van der Waals surface area contributed by atoms with Crippen LogP contribution in [0.3, 0.4) is 0 Å². The SMILES string of the molecule is Cc1ccc(S(=O)(=O)N2CCCCC2)cc1NC(=O)Nc1cc(S(=O)(=O)N2CCCCC2)ccc1C. The predicted octanol–water partition coefficient (Wildman–Crippen LogP) is 4.30. The minimum Gasteiger partial charge on any atom is -0.307 e. The number of carbonyl (C=O) groups excluding carboxylic acids is 1. The highest BCUT2D eigenvalue weighted by atomic mass is 32.2. The first-order chi connectivity index (χ1) is 17.1. The van der Waals surface area contributed by atoms with Crippen LogP contribution in [-0.2, 0) is 20.0 Å². The largest absolute Gasteiger partial charge is 0.323 e. The number of sulfonamides is 2. The van der Waals surface area contributed by atoms with E-state index < -0.39 is 26.1 Å². The second-order valence-corrected chi connectivity index (χ2v) is 13.3. The molecule has 0 atom stereocenters. The summed E-state index contributed by atoms with van der Waals surface area (Å²) in [5.74, 6) is 0. The highest BCUT2D eigenvalue weighted by molar-refractivity contribution is 7.89. The molecule has 0 saturated carbocycles. The van der Waals surface area contributed by atoms with Gasteiger partial charge in [0.1, 0.15) is 0 Å². The van der Waals surface area contributed by atoms with Gasteiger partial charge < -0.3 is 10.6 Å². The number of nitrogens with one attached hydrogen (secondary N) is 2. The number of piperidine rings is 2. The number of rotatable bonds is 6. The number of benzene rings is 2. The minimum atomic E-state index is -3.65. The first-order valence-electron chi connectivity index (χ1n) is 12.4. The van der Waals surface area contributed by atoms with Crippen molar-refractivity contribution in [2.24, 2.45) is 0 Å². The third-order valence-corrected chi connectivity index (χ3v) is 10.6. The van der Waals surface area contributed by atoms with Crippen molar-refractivity contribution in [1.29, 1.82) is 0 Å². The van der Waals surface area contributed by atoms with Gasteiger partial charge in [-0.05, 0) is 74.9 Å². The number of urea groups is 1. The van der Waals surface area contributed by atoms with Gasteiger partial charge >= 0.3 is 6.03 Å². The molecule has 0 unspecified atom stereocenters. The van der Waals surface area contributed by atoms with Crippen LogP contribution < -0.4 is 10.6 Å². The number of amides is 2. The second kappa shape index (κ2) is 10.9. The van der Waals surface area contributed by atoms with Gasteiger partial charge in [0.2, 0.25) is 20.0 Å². The molecule has 0 aliphatic carbocycles. The molecule has 0 aromatic heterocycles.